The molecule has 0 aliphatic rings. The molecule has 0 saturated carbocycles. The molecule has 17 heavy (non-hydrogen) atoms. The first kappa shape index (κ1) is 14.1. The highest BCUT2D eigenvalue weighted by atomic mass is 16.5. The van der Waals surface area contributed by atoms with Gasteiger partial charge >= 0.3 is 0 Å². The van der Waals surface area contributed by atoms with Gasteiger partial charge in [-0.3, -0.25) is 0 Å². The minimum Gasteiger partial charge on any atom is -0.379 e. The fourth-order valence-electron chi connectivity index (χ4n) is 2.08. The van der Waals surface area contributed by atoms with Gasteiger partial charge in [0, 0.05) is 19.6 Å². The molecule has 0 aliphatic heterocycles. The third-order valence-corrected chi connectivity index (χ3v) is 2.80. The Hall–Kier alpha value is -1.01. The Morgan fingerprint density at radius 3 is 2.41 bits per heavy atom. The molecule has 1 aromatic rings. The van der Waals surface area contributed by atoms with E-state index in [1.54, 1.807) is 14.2 Å². The van der Waals surface area contributed by atoms with Gasteiger partial charge in [0.05, 0.1) is 13.2 Å². The molecule has 0 amide bonds. The predicted octanol–water partition coefficient (Wildman–Crippen LogP) is 0.402. The molecule has 0 radical (unpaired) electrons. The van der Waals surface area contributed by atoms with Gasteiger partial charge in [-0.25, -0.2) is 0 Å². The van der Waals surface area contributed by atoms with Gasteiger partial charge in [0.15, 0.2) is 5.82 Å². The molecule has 2 atom stereocenters. The number of hydrogen-bond donors (Lipinski definition) is 1. The maximum absolute atomic E-state index is 5.60. The molecule has 1 heterocycles. The standard InChI is InChI=1S/C11H23N5O/c1-11(2,3)10(17-6)8(12-4)7-9-13-15-16(5)14-9/h8,10,12H,7H2,1-6H3. The van der Waals surface area contributed by atoms with E-state index < -0.39 is 0 Å². The van der Waals surface area contributed by atoms with Crippen molar-refractivity contribution in [3.63, 3.8) is 0 Å². The van der Waals surface area contributed by atoms with Gasteiger partial charge < -0.3 is 10.1 Å². The number of aryl methyl sites for hydroxylation is 1. The molecule has 0 saturated heterocycles. The minimum atomic E-state index is 0.0602. The Morgan fingerprint density at radius 1 is 1.41 bits per heavy atom. The van der Waals surface area contributed by atoms with Gasteiger partial charge in [0.25, 0.3) is 0 Å². The first-order valence-electron chi connectivity index (χ1n) is 5.81. The summed E-state index contributed by atoms with van der Waals surface area (Å²) in [6.07, 6.45) is 0.802. The van der Waals surface area contributed by atoms with Crippen molar-refractivity contribution in [3.05, 3.63) is 5.82 Å². The Kier molecular flexibility index (Phi) is 4.59. The van der Waals surface area contributed by atoms with E-state index in [1.807, 2.05) is 7.05 Å². The quantitative estimate of drug-likeness (QED) is 0.808. The third kappa shape index (κ3) is 3.74. The van der Waals surface area contributed by atoms with Crippen molar-refractivity contribution in [3.8, 4) is 0 Å². The van der Waals surface area contributed by atoms with Crippen LogP contribution in [0.3, 0.4) is 0 Å². The highest BCUT2D eigenvalue weighted by molar-refractivity contribution is 4.92. The number of hydrogen-bond acceptors (Lipinski definition) is 5. The fraction of sp³-hybridized carbons (Fsp3) is 0.909. The number of nitrogens with one attached hydrogen (secondary N) is 1. The zero-order chi connectivity index (χ0) is 13.1. The average Bonchev–Trinajstić information content (AvgIpc) is 2.61. The van der Waals surface area contributed by atoms with Gasteiger partial charge in [-0.1, -0.05) is 20.8 Å². The van der Waals surface area contributed by atoms with E-state index in [-0.39, 0.29) is 17.6 Å². The molecule has 0 fully saturated rings. The summed E-state index contributed by atoms with van der Waals surface area (Å²) >= 11 is 0. The summed E-state index contributed by atoms with van der Waals surface area (Å²) in [5.41, 5.74) is 0.0602. The second kappa shape index (κ2) is 5.55. The summed E-state index contributed by atoms with van der Waals surface area (Å²) in [4.78, 5) is 1.47. The second-order valence-corrected chi connectivity index (χ2v) is 5.32. The van der Waals surface area contributed by atoms with Crippen LogP contribution >= 0.6 is 0 Å². The van der Waals surface area contributed by atoms with Gasteiger partial charge in [-0.15, -0.1) is 10.2 Å². The first-order valence-corrected chi connectivity index (χ1v) is 5.81. The van der Waals surface area contributed by atoms with Crippen LogP contribution in [0.25, 0.3) is 0 Å². The smallest absolute Gasteiger partial charge is 0.176 e. The molecular weight excluding hydrogens is 218 g/mol. The molecule has 6 heteroatoms. The zero-order valence-electron chi connectivity index (χ0n) is 11.6. The van der Waals surface area contributed by atoms with Gasteiger partial charge in [-0.2, -0.15) is 4.80 Å². The molecule has 0 bridgehead atoms. The molecule has 1 aromatic heterocycles. The SMILES string of the molecule is CNC(Cc1nnn(C)n1)C(OC)C(C)(C)C. The van der Waals surface area contributed by atoms with E-state index in [1.165, 1.54) is 4.80 Å². The number of likely N-dealkylation sites (N-methyl/N-ethyl adjacent to an activating group) is 1. The van der Waals surface area contributed by atoms with E-state index in [0.29, 0.717) is 6.42 Å². The number of ether oxygens (including phenoxy) is 1. The normalized spacial score (nSPS) is 15.9. The topological polar surface area (TPSA) is 64.9 Å². The van der Waals surface area contributed by atoms with Crippen LogP contribution in [-0.4, -0.2) is 46.5 Å². The highest BCUT2D eigenvalue weighted by Crippen LogP contribution is 2.25. The van der Waals surface area contributed by atoms with Crippen molar-refractivity contribution in [2.45, 2.75) is 39.3 Å². The van der Waals surface area contributed by atoms with Crippen LogP contribution in [0, 0.1) is 5.41 Å². The predicted molar refractivity (Wildman–Crippen MR) is 65.6 cm³/mol. The van der Waals surface area contributed by atoms with Crippen molar-refractivity contribution in [1.82, 2.24) is 25.5 Å². The number of aromatic nitrogens is 4. The molecule has 0 aromatic carbocycles. The molecule has 0 spiro atoms. The van der Waals surface area contributed by atoms with Crippen molar-refractivity contribution in [2.75, 3.05) is 14.2 Å². The maximum Gasteiger partial charge on any atom is 0.176 e. The molecule has 1 rings (SSSR count). The number of rotatable bonds is 5. The summed E-state index contributed by atoms with van der Waals surface area (Å²) in [7, 11) is 5.44. The summed E-state index contributed by atoms with van der Waals surface area (Å²) < 4.78 is 5.60. The van der Waals surface area contributed by atoms with Crippen molar-refractivity contribution >= 4 is 0 Å². The summed E-state index contributed by atoms with van der Waals surface area (Å²) in [6.45, 7) is 6.49. The maximum atomic E-state index is 5.60. The van der Waals surface area contributed by atoms with Crippen LogP contribution in [0.1, 0.15) is 26.6 Å². The fourth-order valence-corrected chi connectivity index (χ4v) is 2.08. The number of tetrazole rings is 1. The molecule has 2 unspecified atom stereocenters. The lowest BCUT2D eigenvalue weighted by Gasteiger charge is -2.35. The lowest BCUT2D eigenvalue weighted by Crippen LogP contribution is -2.47. The van der Waals surface area contributed by atoms with Crippen LogP contribution in [0.5, 0.6) is 0 Å². The van der Waals surface area contributed by atoms with Crippen LogP contribution in [-0.2, 0) is 18.2 Å². The first-order chi connectivity index (χ1) is 7.88. The molecule has 0 aliphatic carbocycles. The Morgan fingerprint density at radius 2 is 2.06 bits per heavy atom. The summed E-state index contributed by atoms with van der Waals surface area (Å²) in [5, 5.41) is 15.3. The third-order valence-electron chi connectivity index (χ3n) is 2.80. The highest BCUT2D eigenvalue weighted by Gasteiger charge is 2.32. The lowest BCUT2D eigenvalue weighted by atomic mass is 9.83. The summed E-state index contributed by atoms with van der Waals surface area (Å²) in [5.74, 6) is 0.734. The Bertz CT molecular complexity index is 344. The Labute approximate surface area is 103 Å². The van der Waals surface area contributed by atoms with Crippen molar-refractivity contribution in [1.29, 1.82) is 0 Å². The van der Waals surface area contributed by atoms with Crippen molar-refractivity contribution in [2.24, 2.45) is 12.5 Å². The van der Waals surface area contributed by atoms with E-state index >= 15 is 0 Å². The van der Waals surface area contributed by atoms with E-state index in [9.17, 15) is 0 Å². The Balaban J connectivity index is 2.76. The largest absolute Gasteiger partial charge is 0.379 e. The minimum absolute atomic E-state index is 0.0602. The van der Waals surface area contributed by atoms with Gasteiger partial charge in [-0.05, 0) is 17.7 Å². The van der Waals surface area contributed by atoms with E-state index in [2.05, 4.69) is 41.5 Å². The van der Waals surface area contributed by atoms with Crippen LogP contribution in [0.2, 0.25) is 0 Å². The number of nitrogens with zero attached hydrogens (tertiary/aromatic N) is 4. The van der Waals surface area contributed by atoms with E-state index in [0.717, 1.165) is 5.82 Å². The molecule has 6 nitrogen and oxygen atoms in total. The second-order valence-electron chi connectivity index (χ2n) is 5.32. The lowest BCUT2D eigenvalue weighted by molar-refractivity contribution is -0.00965. The van der Waals surface area contributed by atoms with Crippen LogP contribution in [0.4, 0.5) is 0 Å². The molecular formula is C11H23N5O. The van der Waals surface area contributed by atoms with E-state index in [4.69, 9.17) is 4.74 Å². The average molecular weight is 241 g/mol. The number of methoxy groups -OCH3 is 1. The van der Waals surface area contributed by atoms with Gasteiger partial charge in [0.2, 0.25) is 0 Å². The molecule has 1 N–H and O–H groups in total. The van der Waals surface area contributed by atoms with Crippen LogP contribution in [0.15, 0.2) is 0 Å². The van der Waals surface area contributed by atoms with Crippen LogP contribution < -0.4 is 5.32 Å². The van der Waals surface area contributed by atoms with Crippen molar-refractivity contribution < 1.29 is 4.74 Å². The summed E-state index contributed by atoms with van der Waals surface area (Å²) in [6, 6.07) is 0.171. The zero-order valence-corrected chi connectivity index (χ0v) is 11.6. The monoisotopic (exact) mass is 241 g/mol. The van der Waals surface area contributed by atoms with Gasteiger partial charge in [0.1, 0.15) is 0 Å². The molecule has 98 valence electrons.